The number of anilines is 1. The molecule has 168 valence electrons. The number of aromatic nitrogens is 1. The standard InChI is InChI=1S/C25H23N3O3S2/c1-3-31-22-9-5-4-8-20(22)28-24(29)19(27-25(28)32)15-17-11-12-21(30-2)18(14-17)16-33-23-10-6-7-13-26-23/h4-15H,3,16H2,1-2H3,(H,27,32)/b19-15+. The van der Waals surface area contributed by atoms with E-state index < -0.39 is 0 Å². The average Bonchev–Trinajstić information content (AvgIpc) is 3.11. The molecule has 8 heteroatoms. The van der Waals surface area contributed by atoms with Gasteiger partial charge in [0.25, 0.3) is 5.91 Å². The van der Waals surface area contributed by atoms with Crippen molar-refractivity contribution in [2.45, 2.75) is 17.7 Å². The van der Waals surface area contributed by atoms with Crippen LogP contribution in [0.15, 0.2) is 77.6 Å². The zero-order chi connectivity index (χ0) is 23.2. The molecule has 2 heterocycles. The van der Waals surface area contributed by atoms with Crippen molar-refractivity contribution in [1.82, 2.24) is 10.3 Å². The second-order valence-corrected chi connectivity index (χ2v) is 8.44. The van der Waals surface area contributed by atoms with Crippen molar-refractivity contribution in [2.75, 3.05) is 18.6 Å². The number of thioether (sulfide) groups is 1. The van der Waals surface area contributed by atoms with Crippen LogP contribution in [0.5, 0.6) is 11.5 Å². The first-order valence-corrected chi connectivity index (χ1v) is 11.8. The van der Waals surface area contributed by atoms with Crippen molar-refractivity contribution >= 4 is 46.8 Å². The smallest absolute Gasteiger partial charge is 0.281 e. The number of carbonyl (C=O) groups excluding carboxylic acids is 1. The fourth-order valence-electron chi connectivity index (χ4n) is 3.43. The summed E-state index contributed by atoms with van der Waals surface area (Å²) in [5.41, 5.74) is 2.90. The van der Waals surface area contributed by atoms with Crippen LogP contribution in [0, 0.1) is 0 Å². The van der Waals surface area contributed by atoms with Crippen molar-refractivity contribution < 1.29 is 14.3 Å². The first-order chi connectivity index (χ1) is 16.1. The Labute approximate surface area is 202 Å². The zero-order valence-corrected chi connectivity index (χ0v) is 19.9. The third kappa shape index (κ3) is 5.18. The van der Waals surface area contributed by atoms with Gasteiger partial charge < -0.3 is 14.8 Å². The average molecular weight is 478 g/mol. The number of para-hydroxylation sites is 2. The molecule has 1 aromatic heterocycles. The number of thiocarbonyl (C=S) groups is 1. The Balaban J connectivity index is 1.59. The maximum atomic E-state index is 13.2. The molecule has 6 nitrogen and oxygen atoms in total. The number of pyridine rings is 1. The lowest BCUT2D eigenvalue weighted by Crippen LogP contribution is -2.30. The van der Waals surface area contributed by atoms with E-state index in [2.05, 4.69) is 10.3 Å². The van der Waals surface area contributed by atoms with E-state index in [9.17, 15) is 4.79 Å². The summed E-state index contributed by atoms with van der Waals surface area (Å²) >= 11 is 7.09. The van der Waals surface area contributed by atoms with Gasteiger partial charge in [0.15, 0.2) is 5.11 Å². The highest BCUT2D eigenvalue weighted by Crippen LogP contribution is 2.32. The Morgan fingerprint density at radius 1 is 1.12 bits per heavy atom. The molecule has 0 aliphatic carbocycles. The van der Waals surface area contributed by atoms with Gasteiger partial charge in [-0.1, -0.05) is 24.3 Å². The summed E-state index contributed by atoms with van der Waals surface area (Å²) in [6, 6.07) is 19.0. The highest BCUT2D eigenvalue weighted by molar-refractivity contribution is 7.98. The van der Waals surface area contributed by atoms with E-state index in [1.165, 1.54) is 4.90 Å². The third-order valence-corrected chi connectivity index (χ3v) is 6.19. The van der Waals surface area contributed by atoms with Gasteiger partial charge in [-0.15, -0.1) is 11.8 Å². The zero-order valence-electron chi connectivity index (χ0n) is 18.3. The normalized spacial score (nSPS) is 14.5. The van der Waals surface area contributed by atoms with Gasteiger partial charge in [-0.3, -0.25) is 4.79 Å². The number of benzene rings is 2. The SMILES string of the molecule is CCOc1ccccc1N1C(=O)/C(=C\c2ccc(OC)c(CSc3ccccn3)c2)NC1=S. The molecule has 3 aromatic rings. The summed E-state index contributed by atoms with van der Waals surface area (Å²) in [7, 11) is 1.65. The van der Waals surface area contributed by atoms with Gasteiger partial charge in [-0.25, -0.2) is 9.88 Å². The highest BCUT2D eigenvalue weighted by atomic mass is 32.2. The van der Waals surface area contributed by atoms with E-state index in [1.54, 1.807) is 31.1 Å². The number of carbonyl (C=O) groups is 1. The van der Waals surface area contributed by atoms with Crippen LogP contribution in [0.2, 0.25) is 0 Å². The summed E-state index contributed by atoms with van der Waals surface area (Å²) in [6.07, 6.45) is 3.57. The lowest BCUT2D eigenvalue weighted by atomic mass is 10.1. The predicted octanol–water partition coefficient (Wildman–Crippen LogP) is 5.04. The van der Waals surface area contributed by atoms with Gasteiger partial charge in [0.05, 0.1) is 24.4 Å². The van der Waals surface area contributed by atoms with Crippen molar-refractivity contribution in [3.05, 3.63) is 83.7 Å². The van der Waals surface area contributed by atoms with Crippen LogP contribution in [0.3, 0.4) is 0 Å². The summed E-state index contributed by atoms with van der Waals surface area (Å²) in [4.78, 5) is 19.0. The molecule has 1 N–H and O–H groups in total. The van der Waals surface area contributed by atoms with E-state index in [-0.39, 0.29) is 5.91 Å². The largest absolute Gasteiger partial charge is 0.496 e. The number of ether oxygens (including phenoxy) is 2. The minimum atomic E-state index is -0.229. The van der Waals surface area contributed by atoms with E-state index in [1.807, 2.05) is 67.6 Å². The Bertz CT molecular complexity index is 1200. The number of nitrogens with zero attached hydrogens (tertiary/aromatic N) is 2. The van der Waals surface area contributed by atoms with Crippen molar-refractivity contribution in [3.8, 4) is 11.5 Å². The molecule has 0 atom stereocenters. The van der Waals surface area contributed by atoms with Crippen LogP contribution in [-0.2, 0) is 10.5 Å². The van der Waals surface area contributed by atoms with E-state index in [4.69, 9.17) is 21.7 Å². The van der Waals surface area contributed by atoms with Crippen LogP contribution in [0.4, 0.5) is 5.69 Å². The van der Waals surface area contributed by atoms with Gasteiger partial charge >= 0.3 is 0 Å². The number of amides is 1. The molecular weight excluding hydrogens is 454 g/mol. The molecule has 0 bridgehead atoms. The van der Waals surface area contributed by atoms with Crippen molar-refractivity contribution in [2.24, 2.45) is 0 Å². The van der Waals surface area contributed by atoms with Crippen LogP contribution in [0.1, 0.15) is 18.1 Å². The van der Waals surface area contributed by atoms with Gasteiger partial charge in [-0.2, -0.15) is 0 Å². The molecule has 0 unspecified atom stereocenters. The lowest BCUT2D eigenvalue weighted by Gasteiger charge is -2.17. The van der Waals surface area contributed by atoms with E-state index >= 15 is 0 Å². The molecule has 1 aliphatic rings. The van der Waals surface area contributed by atoms with E-state index in [0.29, 0.717) is 34.6 Å². The monoisotopic (exact) mass is 477 g/mol. The number of methoxy groups -OCH3 is 1. The van der Waals surface area contributed by atoms with Crippen molar-refractivity contribution in [3.63, 3.8) is 0 Å². The van der Waals surface area contributed by atoms with Crippen molar-refractivity contribution in [1.29, 1.82) is 0 Å². The van der Waals surface area contributed by atoms with Crippen LogP contribution in [-0.4, -0.2) is 29.7 Å². The predicted molar refractivity (Wildman–Crippen MR) is 136 cm³/mol. The van der Waals surface area contributed by atoms with E-state index in [0.717, 1.165) is 21.9 Å². The van der Waals surface area contributed by atoms with Crippen LogP contribution < -0.4 is 19.7 Å². The maximum absolute atomic E-state index is 13.2. The topological polar surface area (TPSA) is 63.7 Å². The molecule has 0 spiro atoms. The third-order valence-electron chi connectivity index (χ3n) is 4.91. The Morgan fingerprint density at radius 2 is 1.94 bits per heavy atom. The minimum Gasteiger partial charge on any atom is -0.496 e. The molecule has 1 saturated heterocycles. The first kappa shape index (κ1) is 22.8. The fraction of sp³-hybridized carbons (Fsp3) is 0.160. The minimum absolute atomic E-state index is 0.229. The molecule has 1 fully saturated rings. The molecule has 0 saturated carbocycles. The Kier molecular flexibility index (Phi) is 7.26. The summed E-state index contributed by atoms with van der Waals surface area (Å²) < 4.78 is 11.2. The lowest BCUT2D eigenvalue weighted by molar-refractivity contribution is -0.113. The summed E-state index contributed by atoms with van der Waals surface area (Å²) in [5.74, 6) is 1.85. The second kappa shape index (κ2) is 10.5. The quantitative estimate of drug-likeness (QED) is 0.277. The first-order valence-electron chi connectivity index (χ1n) is 10.4. The van der Waals surface area contributed by atoms with Gasteiger partial charge in [-0.05, 0) is 67.2 Å². The molecule has 2 aromatic carbocycles. The molecule has 1 amide bonds. The molecule has 33 heavy (non-hydrogen) atoms. The van der Waals surface area contributed by atoms with Gasteiger partial charge in [0.1, 0.15) is 17.2 Å². The van der Waals surface area contributed by atoms with Gasteiger partial charge in [0.2, 0.25) is 0 Å². The number of hydrogen-bond donors (Lipinski definition) is 1. The molecule has 0 radical (unpaired) electrons. The molecule has 1 aliphatic heterocycles. The van der Waals surface area contributed by atoms with Crippen LogP contribution >= 0.6 is 24.0 Å². The maximum Gasteiger partial charge on any atom is 0.281 e. The number of nitrogens with one attached hydrogen (secondary N) is 1. The highest BCUT2D eigenvalue weighted by Gasteiger charge is 2.33. The number of rotatable bonds is 8. The number of hydrogen-bond acceptors (Lipinski definition) is 6. The summed E-state index contributed by atoms with van der Waals surface area (Å²) in [5, 5.41) is 4.30. The second-order valence-electron chi connectivity index (χ2n) is 7.06. The molecule has 4 rings (SSSR count). The van der Waals surface area contributed by atoms with Crippen LogP contribution in [0.25, 0.3) is 6.08 Å². The summed E-state index contributed by atoms with van der Waals surface area (Å²) in [6.45, 7) is 2.39. The fourth-order valence-corrected chi connectivity index (χ4v) is 4.56. The Hall–Kier alpha value is -3.36. The Morgan fingerprint density at radius 3 is 2.70 bits per heavy atom. The van der Waals surface area contributed by atoms with Gasteiger partial charge in [0, 0.05) is 17.5 Å². The molecular formula is C25H23N3O3S2.